The van der Waals surface area contributed by atoms with Crippen LogP contribution < -0.4 is 0 Å². The molecule has 0 aromatic heterocycles. The van der Waals surface area contributed by atoms with Gasteiger partial charge in [0, 0.05) is 33.6 Å². The normalized spacial score (nSPS) is 36.2. The number of hydrogen-bond acceptors (Lipinski definition) is 11. The third kappa shape index (κ3) is 6.52. The Balaban J connectivity index is 1.95. The summed E-state index contributed by atoms with van der Waals surface area (Å²) in [5.41, 5.74) is 1.13. The molecule has 3 rings (SSSR count). The van der Waals surface area contributed by atoms with Gasteiger partial charge >= 0.3 is 23.9 Å². The fourth-order valence-electron chi connectivity index (χ4n) is 5.12. The minimum Gasteiger partial charge on any atom is -0.472 e. The maximum atomic E-state index is 12.0. The van der Waals surface area contributed by atoms with Gasteiger partial charge in [0.05, 0.1) is 6.26 Å². The van der Waals surface area contributed by atoms with Gasteiger partial charge in [-0.2, -0.15) is 0 Å². The van der Waals surface area contributed by atoms with Crippen LogP contribution in [0.1, 0.15) is 54.4 Å². The first kappa shape index (κ1) is 26.9. The van der Waals surface area contributed by atoms with Gasteiger partial charge in [-0.05, 0) is 37.2 Å². The summed E-state index contributed by atoms with van der Waals surface area (Å²) in [7, 11) is 0. The molecule has 9 unspecified atom stereocenters. The average molecular weight is 499 g/mol. The Bertz CT molecular complexity index is 852. The van der Waals surface area contributed by atoms with Gasteiger partial charge in [-0.3, -0.25) is 19.2 Å². The van der Waals surface area contributed by atoms with Gasteiger partial charge in [-0.15, -0.1) is 0 Å². The van der Waals surface area contributed by atoms with Crippen LogP contribution in [0.2, 0.25) is 0 Å². The van der Waals surface area contributed by atoms with Crippen molar-refractivity contribution in [2.75, 3.05) is 6.61 Å². The van der Waals surface area contributed by atoms with Crippen LogP contribution >= 0.6 is 0 Å². The molecule has 0 bridgehead atoms. The molecule has 3 aliphatic rings. The lowest BCUT2D eigenvalue weighted by atomic mass is 9.84. The first-order valence-electron chi connectivity index (χ1n) is 11.8. The minimum atomic E-state index is -1.28. The molecule has 11 heteroatoms. The van der Waals surface area contributed by atoms with Crippen LogP contribution in [-0.2, 0) is 52.3 Å². The highest BCUT2D eigenvalue weighted by atomic mass is 16.8. The molecule has 196 valence electrons. The van der Waals surface area contributed by atoms with E-state index in [-0.39, 0.29) is 18.4 Å². The van der Waals surface area contributed by atoms with Crippen molar-refractivity contribution in [1.29, 1.82) is 0 Å². The molecule has 1 saturated heterocycles. The third-order valence-electron chi connectivity index (χ3n) is 6.56. The summed E-state index contributed by atoms with van der Waals surface area (Å²) >= 11 is 0. The number of esters is 4. The molecular formula is C24H34O11. The average Bonchev–Trinajstić information content (AvgIpc) is 3.14. The van der Waals surface area contributed by atoms with E-state index >= 15 is 0 Å². The van der Waals surface area contributed by atoms with Gasteiger partial charge in [0.25, 0.3) is 0 Å². The first-order chi connectivity index (χ1) is 16.5. The summed E-state index contributed by atoms with van der Waals surface area (Å²) in [5.74, 6) is -2.05. The van der Waals surface area contributed by atoms with E-state index in [2.05, 4.69) is 6.92 Å². The molecule has 2 fully saturated rings. The van der Waals surface area contributed by atoms with E-state index < -0.39 is 60.9 Å². The summed E-state index contributed by atoms with van der Waals surface area (Å²) in [6.07, 6.45) is -3.18. The molecule has 0 aromatic carbocycles. The maximum Gasteiger partial charge on any atom is 0.303 e. The summed E-state index contributed by atoms with van der Waals surface area (Å²) in [6.45, 7) is 8.57. The largest absolute Gasteiger partial charge is 0.472 e. The fraction of sp³-hybridized carbons (Fsp3) is 0.750. The molecule has 35 heavy (non-hydrogen) atoms. The van der Waals surface area contributed by atoms with Crippen molar-refractivity contribution in [3.8, 4) is 0 Å². The molecule has 0 radical (unpaired) electrons. The van der Waals surface area contributed by atoms with E-state index in [4.69, 9.17) is 33.2 Å². The summed E-state index contributed by atoms with van der Waals surface area (Å²) in [5, 5.41) is 0. The zero-order valence-electron chi connectivity index (χ0n) is 20.9. The van der Waals surface area contributed by atoms with Gasteiger partial charge in [0.1, 0.15) is 12.7 Å². The summed E-state index contributed by atoms with van der Waals surface area (Å²) in [6, 6.07) is 0. The molecular weight excluding hydrogens is 464 g/mol. The summed E-state index contributed by atoms with van der Waals surface area (Å²) < 4.78 is 39.6. The third-order valence-corrected chi connectivity index (χ3v) is 6.56. The van der Waals surface area contributed by atoms with E-state index in [1.807, 2.05) is 6.92 Å². The van der Waals surface area contributed by atoms with Gasteiger partial charge in [0.15, 0.2) is 18.3 Å². The van der Waals surface area contributed by atoms with Gasteiger partial charge in [-0.25, -0.2) is 0 Å². The van der Waals surface area contributed by atoms with E-state index in [1.54, 1.807) is 6.26 Å². The number of hydrogen-bond donors (Lipinski definition) is 0. The minimum absolute atomic E-state index is 0.0341. The topological polar surface area (TPSA) is 133 Å². The lowest BCUT2D eigenvalue weighted by molar-refractivity contribution is -0.344. The maximum absolute atomic E-state index is 12.0. The summed E-state index contributed by atoms with van der Waals surface area (Å²) in [4.78, 5) is 47.3. The number of ether oxygens (including phenoxy) is 7. The monoisotopic (exact) mass is 498 g/mol. The Morgan fingerprint density at radius 3 is 2.06 bits per heavy atom. The Morgan fingerprint density at radius 1 is 0.857 bits per heavy atom. The highest BCUT2D eigenvalue weighted by molar-refractivity contribution is 5.68. The number of carbonyl (C=O) groups excluding carboxylic acids is 4. The van der Waals surface area contributed by atoms with E-state index in [9.17, 15) is 19.2 Å². The lowest BCUT2D eigenvalue weighted by Gasteiger charge is -2.46. The molecule has 0 amide bonds. The molecule has 11 nitrogen and oxygen atoms in total. The smallest absolute Gasteiger partial charge is 0.303 e. The van der Waals surface area contributed by atoms with Crippen LogP contribution in [0.5, 0.6) is 0 Å². The van der Waals surface area contributed by atoms with Gasteiger partial charge in [0.2, 0.25) is 12.6 Å². The van der Waals surface area contributed by atoms with Crippen LogP contribution in [0, 0.1) is 17.8 Å². The second kappa shape index (κ2) is 11.4. The predicted octanol–water partition coefficient (Wildman–Crippen LogP) is 2.01. The second-order valence-corrected chi connectivity index (χ2v) is 9.31. The SMILES string of the molecule is CC(=O)OCC1OC(OC2OC=C(C)C3CCC(C)C23)C(OC(C)=O)C(OC(C)=O)C1OC(C)=O. The van der Waals surface area contributed by atoms with Crippen molar-refractivity contribution in [3.63, 3.8) is 0 Å². The van der Waals surface area contributed by atoms with Crippen LogP contribution in [-0.4, -0.2) is 67.5 Å². The van der Waals surface area contributed by atoms with Crippen molar-refractivity contribution < 1.29 is 52.3 Å². The van der Waals surface area contributed by atoms with Crippen LogP contribution in [0.4, 0.5) is 0 Å². The molecule has 1 saturated carbocycles. The molecule has 0 N–H and O–H groups in total. The van der Waals surface area contributed by atoms with E-state index in [0.29, 0.717) is 5.92 Å². The van der Waals surface area contributed by atoms with Gasteiger partial charge < -0.3 is 33.2 Å². The number of carbonyl (C=O) groups is 4. The lowest BCUT2D eigenvalue weighted by Crippen LogP contribution is -2.63. The number of rotatable bonds is 7. The molecule has 2 aliphatic heterocycles. The van der Waals surface area contributed by atoms with E-state index in [0.717, 1.165) is 18.4 Å². The Labute approximate surface area is 204 Å². The van der Waals surface area contributed by atoms with Crippen molar-refractivity contribution in [1.82, 2.24) is 0 Å². The predicted molar refractivity (Wildman–Crippen MR) is 117 cm³/mol. The fourth-order valence-corrected chi connectivity index (χ4v) is 5.12. The molecule has 2 heterocycles. The molecule has 0 spiro atoms. The zero-order valence-corrected chi connectivity index (χ0v) is 20.9. The van der Waals surface area contributed by atoms with Crippen LogP contribution in [0.15, 0.2) is 11.8 Å². The molecule has 9 atom stereocenters. The standard InChI is InChI=1S/C24H34O11/c1-11-7-8-17-12(2)9-30-23(19(11)17)35-24-22(33-16(6)28)21(32-15(5)27)20(31-14(4)26)18(34-24)10-29-13(3)25/h9,11,17-24H,7-8,10H2,1-6H3. The highest BCUT2D eigenvalue weighted by Crippen LogP contribution is 2.47. The molecule has 0 aromatic rings. The zero-order chi connectivity index (χ0) is 25.9. The van der Waals surface area contributed by atoms with Crippen molar-refractivity contribution in [2.24, 2.45) is 17.8 Å². The van der Waals surface area contributed by atoms with Gasteiger partial charge in [-0.1, -0.05) is 6.92 Å². The Kier molecular flexibility index (Phi) is 8.76. The van der Waals surface area contributed by atoms with Crippen LogP contribution in [0.3, 0.4) is 0 Å². The van der Waals surface area contributed by atoms with E-state index in [1.165, 1.54) is 27.7 Å². The quantitative estimate of drug-likeness (QED) is 0.377. The Hall–Kier alpha value is -2.66. The Morgan fingerprint density at radius 2 is 1.46 bits per heavy atom. The van der Waals surface area contributed by atoms with Crippen LogP contribution in [0.25, 0.3) is 0 Å². The van der Waals surface area contributed by atoms with Crippen molar-refractivity contribution in [2.45, 2.75) is 91.4 Å². The highest BCUT2D eigenvalue weighted by Gasteiger charge is 2.55. The number of fused-ring (bicyclic) bond motifs is 1. The molecule has 1 aliphatic carbocycles. The second-order valence-electron chi connectivity index (χ2n) is 9.31. The van der Waals surface area contributed by atoms with Crippen molar-refractivity contribution >= 4 is 23.9 Å². The first-order valence-corrected chi connectivity index (χ1v) is 11.8. The van der Waals surface area contributed by atoms with Crippen molar-refractivity contribution in [3.05, 3.63) is 11.8 Å². The number of allylic oxidation sites excluding steroid dienone is 1.